The van der Waals surface area contributed by atoms with Gasteiger partial charge in [0.05, 0.1) is 12.0 Å². The van der Waals surface area contributed by atoms with Gasteiger partial charge in [0.1, 0.15) is 19.2 Å². The molecule has 2 heterocycles. The number of nitrogens with zero attached hydrogens (tertiary/aromatic N) is 3. The Hall–Kier alpha value is -1.96. The number of anilines is 1. The molecule has 0 aliphatic carbocycles. The van der Waals surface area contributed by atoms with Crippen molar-refractivity contribution in [2.45, 2.75) is 52.9 Å². The molecule has 124 valence electrons. The van der Waals surface area contributed by atoms with Crippen molar-refractivity contribution < 1.29 is 14.3 Å². The van der Waals surface area contributed by atoms with E-state index >= 15 is 0 Å². The Kier molecular flexibility index (Phi) is 6.97. The van der Waals surface area contributed by atoms with E-state index in [9.17, 15) is 9.59 Å². The summed E-state index contributed by atoms with van der Waals surface area (Å²) in [5.41, 5.74) is 4.83. The van der Waals surface area contributed by atoms with Crippen LogP contribution in [-0.2, 0) is 14.3 Å². The van der Waals surface area contributed by atoms with Crippen LogP contribution in [0.3, 0.4) is 0 Å². The van der Waals surface area contributed by atoms with Gasteiger partial charge in [0.25, 0.3) is 0 Å². The molecule has 1 fully saturated rings. The van der Waals surface area contributed by atoms with Crippen LogP contribution in [0, 0.1) is 5.92 Å². The highest BCUT2D eigenvalue weighted by atomic mass is 16.6. The zero-order valence-electron chi connectivity index (χ0n) is 13.5. The van der Waals surface area contributed by atoms with Crippen LogP contribution >= 0.6 is 0 Å². The van der Waals surface area contributed by atoms with Crippen molar-refractivity contribution in [3.8, 4) is 0 Å². The average molecular weight is 312 g/mol. The van der Waals surface area contributed by atoms with Gasteiger partial charge in [-0.2, -0.15) is 4.98 Å². The maximum absolute atomic E-state index is 11.7. The first kappa shape index (κ1) is 18.1. The molecule has 2 unspecified atom stereocenters. The summed E-state index contributed by atoms with van der Waals surface area (Å²) in [4.78, 5) is 30.4. The predicted molar refractivity (Wildman–Crippen MR) is 81.0 cm³/mol. The molecule has 2 N–H and O–H groups in total. The van der Waals surface area contributed by atoms with E-state index in [0.717, 1.165) is 0 Å². The van der Waals surface area contributed by atoms with Gasteiger partial charge in [-0.05, 0) is 12.8 Å². The van der Waals surface area contributed by atoms with Crippen molar-refractivity contribution in [1.82, 2.24) is 14.5 Å². The minimum Gasteiger partial charge on any atom is -0.463 e. The van der Waals surface area contributed by atoms with Crippen LogP contribution in [0.15, 0.2) is 11.1 Å². The second-order valence-electron chi connectivity index (χ2n) is 4.98. The molecule has 2 rings (SSSR count). The van der Waals surface area contributed by atoms with Crippen molar-refractivity contribution in [3.63, 3.8) is 0 Å². The summed E-state index contributed by atoms with van der Waals surface area (Å²) in [5.74, 6) is -0.489. The number of aromatic nitrogens is 3. The van der Waals surface area contributed by atoms with E-state index in [0.29, 0.717) is 12.8 Å². The van der Waals surface area contributed by atoms with E-state index in [2.05, 4.69) is 9.97 Å². The maximum Gasteiger partial charge on any atom is 0.354 e. The summed E-state index contributed by atoms with van der Waals surface area (Å²) in [6, 6.07) is 0. The lowest BCUT2D eigenvalue weighted by molar-refractivity contribution is -0.152. The molecule has 0 amide bonds. The third kappa shape index (κ3) is 4.80. The van der Waals surface area contributed by atoms with Crippen molar-refractivity contribution in [2.24, 2.45) is 5.92 Å². The number of carbonyl (C=O) groups excluding carboxylic acids is 1. The van der Waals surface area contributed by atoms with E-state index in [1.165, 1.54) is 10.9 Å². The lowest BCUT2D eigenvalue weighted by Crippen LogP contribution is -2.29. The van der Waals surface area contributed by atoms with E-state index in [-0.39, 0.29) is 30.5 Å². The third-order valence-corrected chi connectivity index (χ3v) is 3.02. The highest BCUT2D eigenvalue weighted by molar-refractivity contribution is 5.71. The third-order valence-electron chi connectivity index (χ3n) is 3.02. The van der Waals surface area contributed by atoms with Gasteiger partial charge in [-0.15, -0.1) is 0 Å². The zero-order valence-corrected chi connectivity index (χ0v) is 13.5. The highest BCUT2D eigenvalue weighted by Gasteiger charge is 2.28. The number of rotatable bonds is 4. The van der Waals surface area contributed by atoms with Gasteiger partial charge in [-0.25, -0.2) is 9.78 Å². The number of ether oxygens (including phenoxy) is 2. The number of esters is 1. The first-order valence-corrected chi connectivity index (χ1v) is 7.50. The summed E-state index contributed by atoms with van der Waals surface area (Å²) in [7, 11) is 0. The van der Waals surface area contributed by atoms with Gasteiger partial charge < -0.3 is 15.2 Å². The first-order valence-electron chi connectivity index (χ1n) is 7.50. The molecule has 0 radical (unpaired) electrons. The Morgan fingerprint density at radius 1 is 1.50 bits per heavy atom. The first-order chi connectivity index (χ1) is 10.5. The summed E-state index contributed by atoms with van der Waals surface area (Å²) >= 11 is 0. The predicted octanol–water partition coefficient (Wildman–Crippen LogP) is 1.12. The Labute approximate surface area is 129 Å². The summed E-state index contributed by atoms with van der Waals surface area (Å²) < 4.78 is 12.1. The Morgan fingerprint density at radius 2 is 2.18 bits per heavy atom. The topological polar surface area (TPSA) is 109 Å². The fourth-order valence-electron chi connectivity index (χ4n) is 1.91. The number of nitrogens with two attached hydrogens (primary N) is 1. The number of hydrogen-bond acceptors (Lipinski definition) is 7. The molecular formula is C14H24N4O4. The maximum atomic E-state index is 11.7. The van der Waals surface area contributed by atoms with Gasteiger partial charge in [-0.1, -0.05) is 27.7 Å². The Morgan fingerprint density at radius 3 is 2.77 bits per heavy atom. The van der Waals surface area contributed by atoms with Crippen molar-refractivity contribution >= 4 is 11.9 Å². The summed E-state index contributed by atoms with van der Waals surface area (Å²) in [5, 5.41) is 0. The lowest BCUT2D eigenvalue weighted by Gasteiger charge is -2.15. The quantitative estimate of drug-likeness (QED) is 0.830. The molecule has 1 saturated heterocycles. The van der Waals surface area contributed by atoms with Gasteiger partial charge in [-0.3, -0.25) is 9.36 Å². The van der Waals surface area contributed by atoms with E-state index in [1.54, 1.807) is 13.8 Å². The normalized spacial score (nSPS) is 20.4. The second-order valence-corrected chi connectivity index (χ2v) is 4.98. The summed E-state index contributed by atoms with van der Waals surface area (Å²) in [6.45, 7) is 7.73. The van der Waals surface area contributed by atoms with Crippen LogP contribution in [0.4, 0.5) is 5.95 Å². The fourth-order valence-corrected chi connectivity index (χ4v) is 1.91. The molecule has 1 aromatic rings. The molecular weight excluding hydrogens is 288 g/mol. The molecule has 22 heavy (non-hydrogen) atoms. The van der Waals surface area contributed by atoms with Crippen LogP contribution in [0.2, 0.25) is 0 Å². The van der Waals surface area contributed by atoms with Crippen molar-refractivity contribution in [1.29, 1.82) is 0 Å². The summed E-state index contributed by atoms with van der Waals surface area (Å²) in [6.07, 6.45) is 2.00. The average Bonchev–Trinajstić information content (AvgIpc) is 2.95. The number of hydrogen-bond donors (Lipinski definition) is 1. The van der Waals surface area contributed by atoms with Crippen LogP contribution in [0.1, 0.15) is 46.8 Å². The molecule has 1 aliphatic rings. The van der Waals surface area contributed by atoms with E-state index < -0.39 is 11.9 Å². The van der Waals surface area contributed by atoms with Gasteiger partial charge in [0.2, 0.25) is 5.95 Å². The smallest absolute Gasteiger partial charge is 0.354 e. The number of nitrogen functional groups attached to an aromatic ring is 1. The fraction of sp³-hybridized carbons (Fsp3) is 0.714. The monoisotopic (exact) mass is 312 g/mol. The minimum absolute atomic E-state index is 0.0633. The lowest BCUT2D eigenvalue weighted by atomic mass is 10.2. The van der Waals surface area contributed by atoms with Crippen molar-refractivity contribution in [3.05, 3.63) is 16.8 Å². The molecule has 1 aliphatic heterocycles. The molecule has 0 aromatic carbocycles. The standard InChI is InChI=1S/C12H18N4O4.C2H6/c1-7(2)10(17)19-5-8-3-4-9(20-8)16-6-14-11(13)15-12(16)18;1-2/h6-9H,3-5H2,1-2H3,(H2,13,15,18);1-2H3. The molecule has 0 saturated carbocycles. The molecule has 0 spiro atoms. The molecule has 8 nitrogen and oxygen atoms in total. The minimum atomic E-state index is -0.498. The SMILES string of the molecule is CC.CC(C)C(=O)OCC1CCC(n2cnc(N)nc2=O)O1. The zero-order chi connectivity index (χ0) is 16.7. The van der Waals surface area contributed by atoms with E-state index in [4.69, 9.17) is 15.2 Å². The van der Waals surface area contributed by atoms with Crippen LogP contribution in [0.25, 0.3) is 0 Å². The molecule has 0 bridgehead atoms. The largest absolute Gasteiger partial charge is 0.463 e. The Bertz CT molecular complexity index is 544. The van der Waals surface area contributed by atoms with Gasteiger partial charge in [0.15, 0.2) is 0 Å². The highest BCUT2D eigenvalue weighted by Crippen LogP contribution is 2.27. The van der Waals surface area contributed by atoms with Gasteiger partial charge >= 0.3 is 11.7 Å². The second kappa shape index (κ2) is 8.47. The molecule has 1 aromatic heterocycles. The molecule has 2 atom stereocenters. The van der Waals surface area contributed by atoms with Crippen LogP contribution < -0.4 is 11.4 Å². The van der Waals surface area contributed by atoms with Crippen LogP contribution in [-0.4, -0.2) is 33.2 Å². The van der Waals surface area contributed by atoms with Crippen LogP contribution in [0.5, 0.6) is 0 Å². The number of carbonyl (C=O) groups is 1. The Balaban J connectivity index is 0.00000116. The molecule has 8 heteroatoms. The van der Waals surface area contributed by atoms with E-state index in [1.807, 2.05) is 13.8 Å². The van der Waals surface area contributed by atoms with Crippen molar-refractivity contribution in [2.75, 3.05) is 12.3 Å². The van der Waals surface area contributed by atoms with Gasteiger partial charge in [0, 0.05) is 0 Å².